The third kappa shape index (κ3) is 1.63. The number of halogens is 2. The van der Waals surface area contributed by atoms with Crippen molar-refractivity contribution in [2.75, 3.05) is 0 Å². The minimum Gasteiger partial charge on any atom is -0.243 e. The van der Waals surface area contributed by atoms with E-state index in [-0.39, 0.29) is 5.15 Å². The molecule has 4 heteroatoms. The molecule has 0 fully saturated rings. The lowest BCUT2D eigenvalue weighted by molar-refractivity contribution is 1.22. The maximum absolute atomic E-state index is 8.64. The van der Waals surface area contributed by atoms with Crippen LogP contribution in [0.15, 0.2) is 6.20 Å². The zero-order valence-corrected chi connectivity index (χ0v) is 8.64. The molecule has 0 amide bonds. The highest BCUT2D eigenvalue weighted by molar-refractivity contribution is 14.1. The molecule has 0 unspecified atom stereocenters. The van der Waals surface area contributed by atoms with Crippen molar-refractivity contribution in [3.05, 3.63) is 26.0 Å². The van der Waals surface area contributed by atoms with Crippen molar-refractivity contribution in [3.8, 4) is 6.07 Å². The molecule has 0 aliphatic rings. The zero-order valence-electron chi connectivity index (χ0n) is 5.73. The molecule has 0 N–H and O–H groups in total. The molecule has 0 spiro atoms. The SMILES string of the molecule is Cc1cnc(Cl)c(C#N)c1I. The summed E-state index contributed by atoms with van der Waals surface area (Å²) in [6, 6.07) is 2.00. The van der Waals surface area contributed by atoms with Crippen LogP contribution in [-0.2, 0) is 0 Å². The fourth-order valence-electron chi connectivity index (χ4n) is 0.658. The molecule has 0 aliphatic heterocycles. The summed E-state index contributed by atoms with van der Waals surface area (Å²) in [6.07, 6.45) is 1.66. The first-order chi connectivity index (χ1) is 5.16. The number of rotatable bonds is 0. The van der Waals surface area contributed by atoms with Crippen molar-refractivity contribution in [1.29, 1.82) is 5.26 Å². The van der Waals surface area contributed by atoms with E-state index in [1.807, 2.05) is 13.0 Å². The standard InChI is InChI=1S/C7H4ClIN2/c1-4-3-11-7(8)5(2-10)6(4)9/h3H,1H3. The quantitative estimate of drug-likeness (QED) is 0.540. The molecule has 2 nitrogen and oxygen atoms in total. The number of hydrogen-bond acceptors (Lipinski definition) is 2. The van der Waals surface area contributed by atoms with Crippen molar-refractivity contribution in [1.82, 2.24) is 4.98 Å². The minimum atomic E-state index is 0.280. The summed E-state index contributed by atoms with van der Waals surface area (Å²) in [4.78, 5) is 3.85. The van der Waals surface area contributed by atoms with Gasteiger partial charge >= 0.3 is 0 Å². The van der Waals surface area contributed by atoms with E-state index in [1.54, 1.807) is 6.20 Å². The highest BCUT2D eigenvalue weighted by Crippen LogP contribution is 2.20. The average molecular weight is 278 g/mol. The summed E-state index contributed by atoms with van der Waals surface area (Å²) in [5, 5.41) is 8.92. The van der Waals surface area contributed by atoms with Crippen LogP contribution >= 0.6 is 34.2 Å². The van der Waals surface area contributed by atoms with E-state index in [0.29, 0.717) is 5.56 Å². The van der Waals surface area contributed by atoms with E-state index in [2.05, 4.69) is 27.6 Å². The number of pyridine rings is 1. The Labute approximate surface area is 83.3 Å². The van der Waals surface area contributed by atoms with Crippen LogP contribution in [0.25, 0.3) is 0 Å². The molecule has 0 aliphatic carbocycles. The molecule has 1 heterocycles. The molecule has 11 heavy (non-hydrogen) atoms. The van der Waals surface area contributed by atoms with Gasteiger partial charge in [-0.1, -0.05) is 11.6 Å². The van der Waals surface area contributed by atoms with Crippen LogP contribution in [0, 0.1) is 21.8 Å². The molecule has 0 atom stereocenters. The molecule has 56 valence electrons. The van der Waals surface area contributed by atoms with Crippen LogP contribution in [0.1, 0.15) is 11.1 Å². The first-order valence-electron chi connectivity index (χ1n) is 2.87. The van der Waals surface area contributed by atoms with Crippen molar-refractivity contribution in [3.63, 3.8) is 0 Å². The lowest BCUT2D eigenvalue weighted by atomic mass is 10.2. The fraction of sp³-hybridized carbons (Fsp3) is 0.143. The Morgan fingerprint density at radius 2 is 2.36 bits per heavy atom. The second kappa shape index (κ2) is 3.37. The van der Waals surface area contributed by atoms with E-state index in [9.17, 15) is 0 Å². The van der Waals surface area contributed by atoms with Gasteiger partial charge in [0.15, 0.2) is 0 Å². The molecule has 0 bridgehead atoms. The van der Waals surface area contributed by atoms with Gasteiger partial charge in [0, 0.05) is 9.77 Å². The molecular weight excluding hydrogens is 274 g/mol. The fourth-order valence-corrected chi connectivity index (χ4v) is 1.52. The van der Waals surface area contributed by atoms with Crippen LogP contribution in [-0.4, -0.2) is 4.98 Å². The van der Waals surface area contributed by atoms with Crippen LogP contribution in [0.5, 0.6) is 0 Å². The number of hydrogen-bond donors (Lipinski definition) is 0. The Kier molecular flexibility index (Phi) is 2.68. The summed E-state index contributed by atoms with van der Waals surface area (Å²) in [7, 11) is 0. The zero-order chi connectivity index (χ0) is 8.43. The van der Waals surface area contributed by atoms with Gasteiger partial charge in [0.05, 0.1) is 0 Å². The van der Waals surface area contributed by atoms with Gasteiger partial charge in [-0.3, -0.25) is 0 Å². The number of nitrogens with zero attached hydrogens (tertiary/aromatic N) is 2. The highest BCUT2D eigenvalue weighted by Gasteiger charge is 2.07. The van der Waals surface area contributed by atoms with E-state index >= 15 is 0 Å². The number of aromatic nitrogens is 1. The molecule has 1 aromatic rings. The van der Waals surface area contributed by atoms with Crippen molar-refractivity contribution in [2.45, 2.75) is 6.92 Å². The highest BCUT2D eigenvalue weighted by atomic mass is 127. The summed E-state index contributed by atoms with van der Waals surface area (Å²) in [5.74, 6) is 0. The third-order valence-corrected chi connectivity index (χ3v) is 2.93. The first-order valence-corrected chi connectivity index (χ1v) is 4.33. The second-order valence-electron chi connectivity index (χ2n) is 2.03. The van der Waals surface area contributed by atoms with E-state index in [0.717, 1.165) is 9.13 Å². The van der Waals surface area contributed by atoms with Crippen LogP contribution in [0.4, 0.5) is 0 Å². The van der Waals surface area contributed by atoms with Gasteiger partial charge in [-0.2, -0.15) is 5.26 Å². The van der Waals surface area contributed by atoms with Crippen molar-refractivity contribution >= 4 is 34.2 Å². The maximum atomic E-state index is 8.64. The van der Waals surface area contributed by atoms with Gasteiger partial charge in [0.2, 0.25) is 0 Å². The van der Waals surface area contributed by atoms with Crippen molar-refractivity contribution < 1.29 is 0 Å². The molecule has 0 saturated heterocycles. The molecule has 0 aromatic carbocycles. The molecule has 1 aromatic heterocycles. The monoisotopic (exact) mass is 278 g/mol. The molecule has 0 radical (unpaired) electrons. The van der Waals surface area contributed by atoms with Gasteiger partial charge in [0.25, 0.3) is 0 Å². The normalized spacial score (nSPS) is 9.27. The Morgan fingerprint density at radius 3 is 2.82 bits per heavy atom. The van der Waals surface area contributed by atoms with E-state index in [1.165, 1.54) is 0 Å². The average Bonchev–Trinajstić information content (AvgIpc) is 1.99. The van der Waals surface area contributed by atoms with Gasteiger partial charge in [-0.25, -0.2) is 4.98 Å². The Hall–Kier alpha value is -0.340. The lowest BCUT2D eigenvalue weighted by Gasteiger charge is -1.99. The van der Waals surface area contributed by atoms with Gasteiger partial charge in [0.1, 0.15) is 16.8 Å². The largest absolute Gasteiger partial charge is 0.243 e. The summed E-state index contributed by atoms with van der Waals surface area (Å²) < 4.78 is 0.880. The smallest absolute Gasteiger partial charge is 0.147 e. The van der Waals surface area contributed by atoms with Crippen LogP contribution in [0.2, 0.25) is 5.15 Å². The topological polar surface area (TPSA) is 36.7 Å². The molecular formula is C7H4ClIN2. The third-order valence-electron chi connectivity index (χ3n) is 1.26. The van der Waals surface area contributed by atoms with Crippen molar-refractivity contribution in [2.24, 2.45) is 0 Å². The Balaban J connectivity index is 3.44. The Bertz CT molecular complexity index is 330. The second-order valence-corrected chi connectivity index (χ2v) is 3.47. The summed E-state index contributed by atoms with van der Waals surface area (Å²) >= 11 is 7.75. The summed E-state index contributed by atoms with van der Waals surface area (Å²) in [6.45, 7) is 1.89. The van der Waals surface area contributed by atoms with E-state index in [4.69, 9.17) is 16.9 Å². The number of aryl methyl sites for hydroxylation is 1. The Morgan fingerprint density at radius 1 is 1.73 bits per heavy atom. The first kappa shape index (κ1) is 8.75. The van der Waals surface area contributed by atoms with Crippen LogP contribution in [0.3, 0.4) is 0 Å². The summed E-state index contributed by atoms with van der Waals surface area (Å²) in [5.41, 5.74) is 1.44. The predicted octanol–water partition coefficient (Wildman–Crippen LogP) is 2.52. The molecule has 0 saturated carbocycles. The van der Waals surface area contributed by atoms with Gasteiger partial charge in [-0.15, -0.1) is 0 Å². The molecule has 1 rings (SSSR count). The van der Waals surface area contributed by atoms with Gasteiger partial charge < -0.3 is 0 Å². The van der Waals surface area contributed by atoms with Crippen LogP contribution < -0.4 is 0 Å². The lowest BCUT2D eigenvalue weighted by Crippen LogP contribution is -1.90. The predicted molar refractivity (Wildman–Crippen MR) is 51.4 cm³/mol. The van der Waals surface area contributed by atoms with Gasteiger partial charge in [-0.05, 0) is 35.1 Å². The number of nitriles is 1. The maximum Gasteiger partial charge on any atom is 0.147 e. The minimum absolute atomic E-state index is 0.280. The van der Waals surface area contributed by atoms with E-state index < -0.39 is 0 Å².